The van der Waals surface area contributed by atoms with Crippen molar-refractivity contribution in [3.8, 4) is 0 Å². The summed E-state index contributed by atoms with van der Waals surface area (Å²) in [7, 11) is -3.91. The number of benzene rings is 2. The van der Waals surface area contributed by atoms with Crippen molar-refractivity contribution < 1.29 is 22.4 Å². The Kier molecular flexibility index (Phi) is 7.47. The van der Waals surface area contributed by atoms with Crippen molar-refractivity contribution in [1.82, 2.24) is 9.62 Å². The standard InChI is InChI=1S/C25H32FN3O4S/c1-15-13-16(2)18(4)24(17(15)3)34(32,33)27-19(5)25(31)29-11-9-28(10-12-29)23-8-7-21(20(6)30)14-22(23)26/h7-8,13-14,19,27H,9-12H2,1-6H3/t19-/m0/s1. The quantitative estimate of drug-likeness (QED) is 0.630. The molecule has 3 rings (SSSR count). The summed E-state index contributed by atoms with van der Waals surface area (Å²) >= 11 is 0. The van der Waals surface area contributed by atoms with Gasteiger partial charge in [0.15, 0.2) is 5.78 Å². The van der Waals surface area contributed by atoms with Crippen molar-refractivity contribution in [2.45, 2.75) is 52.5 Å². The Morgan fingerprint density at radius 1 is 0.971 bits per heavy atom. The molecule has 0 aliphatic carbocycles. The number of ketones is 1. The van der Waals surface area contributed by atoms with Crippen LogP contribution < -0.4 is 9.62 Å². The van der Waals surface area contributed by atoms with Crippen molar-refractivity contribution >= 4 is 27.4 Å². The van der Waals surface area contributed by atoms with Gasteiger partial charge in [0.1, 0.15) is 5.82 Å². The zero-order valence-corrected chi connectivity index (χ0v) is 21.3. The van der Waals surface area contributed by atoms with Gasteiger partial charge in [-0.25, -0.2) is 12.8 Å². The summed E-state index contributed by atoms with van der Waals surface area (Å²) in [5.74, 6) is -1.01. The first kappa shape index (κ1) is 25.8. The number of halogens is 1. The van der Waals surface area contributed by atoms with Crippen LogP contribution in [0, 0.1) is 33.5 Å². The van der Waals surface area contributed by atoms with Crippen LogP contribution >= 0.6 is 0 Å². The summed E-state index contributed by atoms with van der Waals surface area (Å²) in [6.45, 7) is 11.7. The maximum Gasteiger partial charge on any atom is 0.241 e. The number of amides is 1. The van der Waals surface area contributed by atoms with Crippen molar-refractivity contribution in [1.29, 1.82) is 0 Å². The van der Waals surface area contributed by atoms with Crippen molar-refractivity contribution in [3.05, 3.63) is 57.9 Å². The molecule has 0 radical (unpaired) electrons. The number of hydrogen-bond acceptors (Lipinski definition) is 5. The number of aryl methyl sites for hydroxylation is 2. The van der Waals surface area contributed by atoms with Crippen LogP contribution in [0.15, 0.2) is 29.2 Å². The molecule has 0 bridgehead atoms. The molecule has 9 heteroatoms. The maximum absolute atomic E-state index is 14.5. The summed E-state index contributed by atoms with van der Waals surface area (Å²) in [6, 6.07) is 5.40. The number of nitrogens with one attached hydrogen (secondary N) is 1. The first-order valence-corrected chi connectivity index (χ1v) is 12.8. The van der Waals surface area contributed by atoms with E-state index < -0.39 is 21.9 Å². The van der Waals surface area contributed by atoms with Gasteiger partial charge >= 0.3 is 0 Å². The lowest BCUT2D eigenvalue weighted by Gasteiger charge is -2.37. The van der Waals surface area contributed by atoms with Gasteiger partial charge in [0.05, 0.1) is 16.6 Å². The Hall–Kier alpha value is -2.78. The third kappa shape index (κ3) is 5.15. The number of carbonyl (C=O) groups excluding carboxylic acids is 2. The van der Waals surface area contributed by atoms with Crippen LogP contribution in [0.25, 0.3) is 0 Å². The highest BCUT2D eigenvalue weighted by molar-refractivity contribution is 7.89. The lowest BCUT2D eigenvalue weighted by Crippen LogP contribution is -2.54. The molecule has 34 heavy (non-hydrogen) atoms. The zero-order valence-electron chi connectivity index (χ0n) is 20.5. The molecule has 1 N–H and O–H groups in total. The molecule has 2 aromatic carbocycles. The number of piperazine rings is 1. The minimum absolute atomic E-state index is 0.205. The van der Waals surface area contributed by atoms with Crippen LogP contribution in [0.1, 0.15) is 46.5 Å². The molecule has 7 nitrogen and oxygen atoms in total. The molecule has 0 unspecified atom stereocenters. The topological polar surface area (TPSA) is 86.8 Å². The number of carbonyl (C=O) groups is 2. The number of hydrogen-bond donors (Lipinski definition) is 1. The molecular weight excluding hydrogens is 457 g/mol. The molecule has 1 saturated heterocycles. The van der Waals surface area contributed by atoms with Gasteiger partial charge in [-0.1, -0.05) is 6.07 Å². The fraction of sp³-hybridized carbons (Fsp3) is 0.440. The number of sulfonamides is 1. The Labute approximate surface area is 201 Å². The first-order chi connectivity index (χ1) is 15.8. The Morgan fingerprint density at radius 3 is 2.03 bits per heavy atom. The molecule has 1 heterocycles. The predicted molar refractivity (Wildman–Crippen MR) is 130 cm³/mol. The van der Waals surface area contributed by atoms with Gasteiger partial charge in [-0.2, -0.15) is 4.72 Å². The lowest BCUT2D eigenvalue weighted by atomic mass is 10.0. The molecule has 1 aliphatic heterocycles. The zero-order chi connectivity index (χ0) is 25.4. The van der Waals surface area contributed by atoms with Crippen LogP contribution in [0.5, 0.6) is 0 Å². The van der Waals surface area contributed by atoms with Gasteiger partial charge in [0.25, 0.3) is 0 Å². The molecule has 0 aromatic heterocycles. The Balaban J connectivity index is 1.68. The summed E-state index contributed by atoms with van der Waals surface area (Å²) in [4.78, 5) is 28.1. The van der Waals surface area contributed by atoms with E-state index in [2.05, 4.69) is 4.72 Å². The van der Waals surface area contributed by atoms with Gasteiger partial charge in [-0.3, -0.25) is 9.59 Å². The number of nitrogens with zero attached hydrogens (tertiary/aromatic N) is 2. The van der Waals surface area contributed by atoms with Crippen LogP contribution in [-0.2, 0) is 14.8 Å². The molecule has 1 fully saturated rings. The third-order valence-electron chi connectivity index (χ3n) is 6.55. The number of Topliss-reactive ketones (excluding diaryl/α,β-unsaturated/α-hetero) is 1. The average molecular weight is 490 g/mol. The van der Waals surface area contributed by atoms with Crippen molar-refractivity contribution in [3.63, 3.8) is 0 Å². The lowest BCUT2D eigenvalue weighted by molar-refractivity contribution is -0.132. The first-order valence-electron chi connectivity index (χ1n) is 11.3. The van der Waals surface area contributed by atoms with E-state index in [-0.39, 0.29) is 16.6 Å². The van der Waals surface area contributed by atoms with Crippen LogP contribution in [0.4, 0.5) is 10.1 Å². The monoisotopic (exact) mass is 489 g/mol. The highest BCUT2D eigenvalue weighted by atomic mass is 32.2. The summed E-state index contributed by atoms with van der Waals surface area (Å²) in [5, 5.41) is 0. The Bertz CT molecular complexity index is 1210. The van der Waals surface area contributed by atoms with Crippen LogP contribution in [-0.4, -0.2) is 57.2 Å². The fourth-order valence-corrected chi connectivity index (χ4v) is 6.16. The molecule has 2 aromatic rings. The third-order valence-corrected chi connectivity index (χ3v) is 8.37. The summed E-state index contributed by atoms with van der Waals surface area (Å²) in [6.07, 6.45) is 0. The van der Waals surface area contributed by atoms with E-state index in [9.17, 15) is 22.4 Å². The van der Waals surface area contributed by atoms with Gasteiger partial charge in [-0.15, -0.1) is 0 Å². The van der Waals surface area contributed by atoms with Crippen molar-refractivity contribution in [2.24, 2.45) is 0 Å². The smallest absolute Gasteiger partial charge is 0.241 e. The summed E-state index contributed by atoms with van der Waals surface area (Å²) < 4.78 is 43.4. The molecule has 1 atom stereocenters. The number of anilines is 1. The second-order valence-electron chi connectivity index (χ2n) is 8.97. The molecule has 1 amide bonds. The largest absolute Gasteiger partial charge is 0.366 e. The van der Waals surface area contributed by atoms with E-state index in [1.54, 1.807) is 37.8 Å². The van der Waals surface area contributed by atoms with Crippen LogP contribution in [0.3, 0.4) is 0 Å². The van der Waals surface area contributed by atoms with Crippen LogP contribution in [0.2, 0.25) is 0 Å². The minimum atomic E-state index is -3.91. The van der Waals surface area contributed by atoms with Gasteiger partial charge in [-0.05, 0) is 82.0 Å². The van der Waals surface area contributed by atoms with Gasteiger partial charge < -0.3 is 9.80 Å². The second kappa shape index (κ2) is 9.84. The normalized spacial score (nSPS) is 15.4. The maximum atomic E-state index is 14.5. The predicted octanol–water partition coefficient (Wildman–Crippen LogP) is 3.28. The van der Waals surface area contributed by atoms with E-state index in [0.717, 1.165) is 11.1 Å². The molecular formula is C25H32FN3O4S. The molecule has 184 valence electrons. The highest BCUT2D eigenvalue weighted by Gasteiger charge is 2.30. The number of rotatable bonds is 6. The second-order valence-corrected chi connectivity index (χ2v) is 10.6. The van der Waals surface area contributed by atoms with E-state index in [1.807, 2.05) is 24.8 Å². The molecule has 1 aliphatic rings. The van der Waals surface area contributed by atoms with E-state index >= 15 is 0 Å². The van der Waals surface area contributed by atoms with Gasteiger partial charge in [0, 0.05) is 31.7 Å². The summed E-state index contributed by atoms with van der Waals surface area (Å²) in [5.41, 5.74) is 3.78. The van der Waals surface area contributed by atoms with E-state index in [1.165, 1.54) is 13.0 Å². The van der Waals surface area contributed by atoms with Crippen molar-refractivity contribution in [2.75, 3.05) is 31.1 Å². The van der Waals surface area contributed by atoms with Gasteiger partial charge in [0.2, 0.25) is 15.9 Å². The van der Waals surface area contributed by atoms with E-state index in [0.29, 0.717) is 48.6 Å². The minimum Gasteiger partial charge on any atom is -0.366 e. The van der Waals surface area contributed by atoms with E-state index in [4.69, 9.17) is 0 Å². The highest BCUT2D eigenvalue weighted by Crippen LogP contribution is 2.26. The molecule has 0 saturated carbocycles. The Morgan fingerprint density at radius 2 is 1.53 bits per heavy atom. The SMILES string of the molecule is CC(=O)c1ccc(N2CCN(C(=O)[C@H](C)NS(=O)(=O)c3c(C)c(C)cc(C)c3C)CC2)c(F)c1. The fourth-order valence-electron chi connectivity index (χ4n) is 4.35. The molecule has 0 spiro atoms. The average Bonchev–Trinajstić information content (AvgIpc) is 2.77.